The number of hydrogen-bond donors (Lipinski definition) is 1. The largest absolute Gasteiger partial charge is 0.456 e. The van der Waals surface area contributed by atoms with E-state index in [1.165, 1.54) is 6.07 Å². The van der Waals surface area contributed by atoms with Crippen LogP contribution in [0, 0.1) is 17.0 Å². The van der Waals surface area contributed by atoms with Gasteiger partial charge < -0.3 is 9.73 Å². The van der Waals surface area contributed by atoms with Gasteiger partial charge in [0.1, 0.15) is 15.8 Å². The standard InChI is InChI=1S/C15H10N2O4S2/c1-8-2-4-11(17(19)20)10(6-8)12-5-3-9(21-12)7-13-14(18)16-15(22)23-13/h2-7H,1H3,(H,16,18,22)/b13-7-. The number of nitrogens with zero attached hydrogens (tertiary/aromatic N) is 1. The molecule has 6 nitrogen and oxygen atoms in total. The van der Waals surface area contributed by atoms with Gasteiger partial charge in [0.2, 0.25) is 0 Å². The van der Waals surface area contributed by atoms with Crippen molar-refractivity contribution in [2.24, 2.45) is 0 Å². The van der Waals surface area contributed by atoms with E-state index in [0.717, 1.165) is 17.3 Å². The summed E-state index contributed by atoms with van der Waals surface area (Å²) >= 11 is 6.06. The Morgan fingerprint density at radius 1 is 1.35 bits per heavy atom. The zero-order valence-corrected chi connectivity index (χ0v) is 13.5. The molecule has 0 atom stereocenters. The summed E-state index contributed by atoms with van der Waals surface area (Å²) in [6, 6.07) is 8.12. The summed E-state index contributed by atoms with van der Waals surface area (Å²) in [7, 11) is 0. The number of benzene rings is 1. The Balaban J connectivity index is 1.99. The van der Waals surface area contributed by atoms with Crippen LogP contribution < -0.4 is 5.32 Å². The first-order valence-corrected chi connectivity index (χ1v) is 7.76. The number of amides is 1. The van der Waals surface area contributed by atoms with Crippen molar-refractivity contribution in [3.05, 3.63) is 56.7 Å². The Kier molecular flexibility index (Phi) is 4.01. The van der Waals surface area contributed by atoms with Crippen molar-refractivity contribution >= 4 is 46.0 Å². The average molecular weight is 346 g/mol. The maximum Gasteiger partial charge on any atom is 0.280 e. The minimum atomic E-state index is -0.450. The number of thioether (sulfide) groups is 1. The predicted octanol–water partition coefficient (Wildman–Crippen LogP) is 3.65. The summed E-state index contributed by atoms with van der Waals surface area (Å²) in [5.41, 5.74) is 1.26. The van der Waals surface area contributed by atoms with Gasteiger partial charge >= 0.3 is 0 Å². The quantitative estimate of drug-likeness (QED) is 0.395. The number of carbonyl (C=O) groups is 1. The highest BCUT2D eigenvalue weighted by atomic mass is 32.2. The van der Waals surface area contributed by atoms with Gasteiger partial charge in [-0.1, -0.05) is 30.0 Å². The Morgan fingerprint density at radius 3 is 2.78 bits per heavy atom. The molecule has 1 amide bonds. The molecule has 1 aliphatic rings. The summed E-state index contributed by atoms with van der Waals surface area (Å²) in [6.07, 6.45) is 1.56. The normalized spacial score (nSPS) is 16.0. The molecule has 1 N–H and O–H groups in total. The van der Waals surface area contributed by atoms with Crippen LogP contribution in [0.2, 0.25) is 0 Å². The number of nitro groups is 1. The van der Waals surface area contributed by atoms with Gasteiger partial charge in [-0.3, -0.25) is 14.9 Å². The third kappa shape index (κ3) is 3.17. The molecule has 0 radical (unpaired) electrons. The highest BCUT2D eigenvalue weighted by molar-refractivity contribution is 8.26. The van der Waals surface area contributed by atoms with Crippen molar-refractivity contribution in [3.63, 3.8) is 0 Å². The van der Waals surface area contributed by atoms with Gasteiger partial charge in [0.15, 0.2) is 0 Å². The van der Waals surface area contributed by atoms with Gasteiger partial charge in [-0.25, -0.2) is 0 Å². The van der Waals surface area contributed by atoms with E-state index in [-0.39, 0.29) is 11.6 Å². The summed E-state index contributed by atoms with van der Waals surface area (Å²) in [5.74, 6) is 0.524. The van der Waals surface area contributed by atoms with Crippen molar-refractivity contribution in [2.75, 3.05) is 0 Å². The fraction of sp³-hybridized carbons (Fsp3) is 0.0667. The van der Waals surface area contributed by atoms with Crippen molar-refractivity contribution < 1.29 is 14.1 Å². The highest BCUT2D eigenvalue weighted by Gasteiger charge is 2.23. The van der Waals surface area contributed by atoms with Crippen LogP contribution >= 0.6 is 24.0 Å². The van der Waals surface area contributed by atoms with E-state index in [1.807, 2.05) is 6.92 Å². The molecule has 0 aliphatic carbocycles. The fourth-order valence-electron chi connectivity index (χ4n) is 2.13. The molecule has 3 rings (SSSR count). The number of aryl methyl sites for hydroxylation is 1. The minimum Gasteiger partial charge on any atom is -0.456 e. The number of thiocarbonyl (C=S) groups is 1. The zero-order valence-electron chi connectivity index (χ0n) is 11.9. The smallest absolute Gasteiger partial charge is 0.280 e. The number of nitro benzene ring substituents is 1. The maximum atomic E-state index is 11.6. The van der Waals surface area contributed by atoms with Gasteiger partial charge in [-0.05, 0) is 30.7 Å². The van der Waals surface area contributed by atoms with E-state index in [1.54, 1.807) is 30.3 Å². The molecule has 0 spiro atoms. The molecule has 1 fully saturated rings. The van der Waals surface area contributed by atoms with Gasteiger partial charge in [0, 0.05) is 12.1 Å². The number of furan rings is 1. The SMILES string of the molecule is Cc1ccc([N+](=O)[O-])c(-c2ccc(/C=C3\SC(=S)NC3=O)o2)c1. The predicted molar refractivity (Wildman–Crippen MR) is 91.8 cm³/mol. The molecule has 116 valence electrons. The van der Waals surface area contributed by atoms with Crippen LogP contribution in [0.1, 0.15) is 11.3 Å². The first kappa shape index (κ1) is 15.4. The van der Waals surface area contributed by atoms with Gasteiger partial charge in [0.25, 0.3) is 11.6 Å². The molecular weight excluding hydrogens is 336 g/mol. The monoisotopic (exact) mass is 346 g/mol. The van der Waals surface area contributed by atoms with Crippen molar-refractivity contribution in [3.8, 4) is 11.3 Å². The van der Waals surface area contributed by atoms with E-state index in [2.05, 4.69) is 5.32 Å². The van der Waals surface area contributed by atoms with Crippen molar-refractivity contribution in [1.29, 1.82) is 0 Å². The fourth-order valence-corrected chi connectivity index (χ4v) is 3.16. The molecule has 1 saturated heterocycles. The number of rotatable bonds is 3. The molecule has 1 aliphatic heterocycles. The van der Waals surface area contributed by atoms with Crippen LogP contribution in [0.3, 0.4) is 0 Å². The van der Waals surface area contributed by atoms with Crippen LogP contribution in [0.5, 0.6) is 0 Å². The Morgan fingerprint density at radius 2 is 2.13 bits per heavy atom. The lowest BCUT2D eigenvalue weighted by Crippen LogP contribution is -2.17. The average Bonchev–Trinajstić information content (AvgIpc) is 3.06. The highest BCUT2D eigenvalue weighted by Crippen LogP contribution is 2.33. The van der Waals surface area contributed by atoms with Crippen molar-refractivity contribution in [1.82, 2.24) is 5.32 Å². The zero-order chi connectivity index (χ0) is 16.6. The number of hydrogen-bond acceptors (Lipinski definition) is 6. The molecule has 8 heteroatoms. The number of nitrogens with one attached hydrogen (secondary N) is 1. The molecule has 0 saturated carbocycles. The lowest BCUT2D eigenvalue weighted by Gasteiger charge is -2.01. The third-order valence-electron chi connectivity index (χ3n) is 3.16. The Hall–Kier alpha value is -2.45. The first-order chi connectivity index (χ1) is 10.9. The van der Waals surface area contributed by atoms with Crippen LogP contribution in [0.15, 0.2) is 39.7 Å². The maximum absolute atomic E-state index is 11.6. The summed E-state index contributed by atoms with van der Waals surface area (Å²) in [4.78, 5) is 22.8. The second kappa shape index (κ2) is 5.98. The summed E-state index contributed by atoms with van der Waals surface area (Å²) in [5, 5.41) is 13.7. The molecule has 23 heavy (non-hydrogen) atoms. The van der Waals surface area contributed by atoms with E-state index in [9.17, 15) is 14.9 Å². The molecule has 1 aromatic carbocycles. The van der Waals surface area contributed by atoms with Crippen LogP contribution in [-0.4, -0.2) is 15.2 Å². The molecule has 2 heterocycles. The van der Waals surface area contributed by atoms with E-state index in [4.69, 9.17) is 16.6 Å². The summed E-state index contributed by atoms with van der Waals surface area (Å²) < 4.78 is 6.03. The Bertz CT molecular complexity index is 870. The van der Waals surface area contributed by atoms with Crippen LogP contribution in [-0.2, 0) is 4.79 Å². The van der Waals surface area contributed by atoms with Crippen LogP contribution in [0.25, 0.3) is 17.4 Å². The van der Waals surface area contributed by atoms with E-state index in [0.29, 0.717) is 26.3 Å². The first-order valence-electron chi connectivity index (χ1n) is 6.54. The third-order valence-corrected chi connectivity index (χ3v) is 4.32. The molecule has 2 aromatic rings. The van der Waals surface area contributed by atoms with E-state index >= 15 is 0 Å². The van der Waals surface area contributed by atoms with Gasteiger partial charge in [-0.15, -0.1) is 0 Å². The minimum absolute atomic E-state index is 0.0293. The van der Waals surface area contributed by atoms with Gasteiger partial charge in [0.05, 0.1) is 15.4 Å². The lowest BCUT2D eigenvalue weighted by atomic mass is 10.1. The molecule has 0 bridgehead atoms. The second-order valence-corrected chi connectivity index (χ2v) is 6.55. The topological polar surface area (TPSA) is 85.4 Å². The molecule has 1 aromatic heterocycles. The Labute approximate surface area is 140 Å². The number of carbonyl (C=O) groups excluding carboxylic acids is 1. The summed E-state index contributed by atoms with van der Waals surface area (Å²) in [6.45, 7) is 1.85. The van der Waals surface area contributed by atoms with E-state index < -0.39 is 4.92 Å². The molecular formula is C15H10N2O4S2. The van der Waals surface area contributed by atoms with Crippen LogP contribution in [0.4, 0.5) is 5.69 Å². The molecule has 0 unspecified atom stereocenters. The lowest BCUT2D eigenvalue weighted by molar-refractivity contribution is -0.384. The second-order valence-electron chi connectivity index (χ2n) is 4.83. The van der Waals surface area contributed by atoms with Gasteiger partial charge in [-0.2, -0.15) is 0 Å². The van der Waals surface area contributed by atoms with Crippen molar-refractivity contribution in [2.45, 2.75) is 6.92 Å².